The van der Waals surface area contributed by atoms with E-state index in [1.54, 1.807) is 6.20 Å². The molecule has 2 aliphatic carbocycles. The fraction of sp³-hybridized carbons (Fsp3) is 0.647. The number of anilines is 1. The largest absolute Gasteiger partial charge is 0.370 e. The van der Waals surface area contributed by atoms with Crippen LogP contribution in [-0.2, 0) is 0 Å². The fourth-order valence-corrected chi connectivity index (χ4v) is 2.97. The van der Waals surface area contributed by atoms with Crippen LogP contribution in [0.5, 0.6) is 0 Å². The average molecular weight is 287 g/mol. The van der Waals surface area contributed by atoms with Crippen molar-refractivity contribution in [2.75, 3.05) is 18.4 Å². The van der Waals surface area contributed by atoms with Crippen molar-refractivity contribution < 1.29 is 4.79 Å². The highest BCUT2D eigenvalue weighted by molar-refractivity contribution is 5.94. The van der Waals surface area contributed by atoms with Crippen molar-refractivity contribution >= 4 is 11.7 Å². The Morgan fingerprint density at radius 2 is 2.00 bits per heavy atom. The standard InChI is InChI=1S/C17H25N3O/c1-2-9-18-16-8-7-14(10-19-16)17(21)20-11-15(12-3-4-12)13-5-6-13/h7-8,10,12-13,15H,2-6,9,11H2,1H3,(H,18,19)(H,20,21). The third kappa shape index (κ3) is 3.96. The number of aromatic nitrogens is 1. The fourth-order valence-electron chi connectivity index (χ4n) is 2.97. The highest BCUT2D eigenvalue weighted by Crippen LogP contribution is 2.48. The Bertz CT molecular complexity index is 465. The van der Waals surface area contributed by atoms with Crippen LogP contribution in [0.1, 0.15) is 49.4 Å². The van der Waals surface area contributed by atoms with E-state index in [2.05, 4.69) is 22.5 Å². The van der Waals surface area contributed by atoms with Crippen LogP contribution in [0, 0.1) is 17.8 Å². The van der Waals surface area contributed by atoms with Crippen LogP contribution in [0.3, 0.4) is 0 Å². The molecule has 1 heterocycles. The lowest BCUT2D eigenvalue weighted by atomic mass is 9.98. The van der Waals surface area contributed by atoms with Gasteiger partial charge in [0, 0.05) is 19.3 Å². The van der Waals surface area contributed by atoms with Gasteiger partial charge in [0.1, 0.15) is 5.82 Å². The normalized spacial score (nSPS) is 17.8. The Morgan fingerprint density at radius 3 is 2.52 bits per heavy atom. The van der Waals surface area contributed by atoms with E-state index in [9.17, 15) is 4.79 Å². The monoisotopic (exact) mass is 287 g/mol. The van der Waals surface area contributed by atoms with Gasteiger partial charge in [0.05, 0.1) is 5.56 Å². The molecule has 3 rings (SSSR count). The lowest BCUT2D eigenvalue weighted by Gasteiger charge is -2.16. The molecule has 2 aliphatic rings. The summed E-state index contributed by atoms with van der Waals surface area (Å²) in [5, 5.41) is 6.32. The molecule has 0 spiro atoms. The van der Waals surface area contributed by atoms with Crippen LogP contribution in [0.25, 0.3) is 0 Å². The molecule has 0 aromatic carbocycles. The smallest absolute Gasteiger partial charge is 0.252 e. The van der Waals surface area contributed by atoms with Crippen molar-refractivity contribution in [3.8, 4) is 0 Å². The molecule has 0 radical (unpaired) electrons. The molecule has 1 aromatic heterocycles. The summed E-state index contributed by atoms with van der Waals surface area (Å²) >= 11 is 0. The van der Waals surface area contributed by atoms with E-state index in [1.807, 2.05) is 12.1 Å². The first-order valence-corrected chi connectivity index (χ1v) is 8.26. The van der Waals surface area contributed by atoms with Gasteiger partial charge in [-0.1, -0.05) is 6.92 Å². The molecule has 1 aromatic rings. The Kier molecular flexibility index (Phi) is 4.42. The van der Waals surface area contributed by atoms with Crippen molar-refractivity contribution in [3.63, 3.8) is 0 Å². The number of amides is 1. The van der Waals surface area contributed by atoms with Gasteiger partial charge < -0.3 is 10.6 Å². The Labute approximate surface area is 126 Å². The topological polar surface area (TPSA) is 54.0 Å². The molecular weight excluding hydrogens is 262 g/mol. The summed E-state index contributed by atoms with van der Waals surface area (Å²) in [6, 6.07) is 3.73. The van der Waals surface area contributed by atoms with Gasteiger partial charge in [-0.15, -0.1) is 0 Å². The number of nitrogens with zero attached hydrogens (tertiary/aromatic N) is 1. The lowest BCUT2D eigenvalue weighted by molar-refractivity contribution is 0.0943. The van der Waals surface area contributed by atoms with E-state index < -0.39 is 0 Å². The van der Waals surface area contributed by atoms with E-state index >= 15 is 0 Å². The molecule has 114 valence electrons. The molecule has 21 heavy (non-hydrogen) atoms. The van der Waals surface area contributed by atoms with Gasteiger partial charge in [0.25, 0.3) is 5.91 Å². The first kappa shape index (κ1) is 14.4. The lowest BCUT2D eigenvalue weighted by Crippen LogP contribution is -2.31. The van der Waals surface area contributed by atoms with Crippen molar-refractivity contribution in [1.29, 1.82) is 0 Å². The molecule has 0 unspecified atom stereocenters. The SMILES string of the molecule is CCCNc1ccc(C(=O)NCC(C2CC2)C2CC2)cn1. The third-order valence-corrected chi connectivity index (χ3v) is 4.54. The maximum Gasteiger partial charge on any atom is 0.252 e. The Balaban J connectivity index is 1.50. The zero-order valence-corrected chi connectivity index (χ0v) is 12.8. The second kappa shape index (κ2) is 6.46. The van der Waals surface area contributed by atoms with Crippen molar-refractivity contribution in [2.45, 2.75) is 39.0 Å². The molecule has 0 saturated heterocycles. The minimum atomic E-state index is 0.0100. The van der Waals surface area contributed by atoms with E-state index in [1.165, 1.54) is 25.7 Å². The van der Waals surface area contributed by atoms with Gasteiger partial charge in [-0.05, 0) is 62.0 Å². The molecule has 0 bridgehead atoms. The molecule has 0 aliphatic heterocycles. The first-order chi connectivity index (χ1) is 10.3. The zero-order valence-electron chi connectivity index (χ0n) is 12.8. The molecule has 1 amide bonds. The average Bonchev–Trinajstić information content (AvgIpc) is 3.38. The molecule has 2 N–H and O–H groups in total. The first-order valence-electron chi connectivity index (χ1n) is 8.26. The van der Waals surface area contributed by atoms with Gasteiger partial charge in [0.15, 0.2) is 0 Å². The van der Waals surface area contributed by atoms with Crippen LogP contribution >= 0.6 is 0 Å². The minimum Gasteiger partial charge on any atom is -0.370 e. The maximum absolute atomic E-state index is 12.2. The number of hydrogen-bond acceptors (Lipinski definition) is 3. The van der Waals surface area contributed by atoms with Crippen LogP contribution in [0.15, 0.2) is 18.3 Å². The van der Waals surface area contributed by atoms with E-state index in [0.717, 1.165) is 37.2 Å². The van der Waals surface area contributed by atoms with E-state index in [4.69, 9.17) is 0 Å². The van der Waals surface area contributed by atoms with E-state index in [-0.39, 0.29) is 5.91 Å². The summed E-state index contributed by atoms with van der Waals surface area (Å²) in [6.07, 6.45) is 8.16. The molecule has 0 atom stereocenters. The third-order valence-electron chi connectivity index (χ3n) is 4.54. The number of nitrogens with one attached hydrogen (secondary N) is 2. The Hall–Kier alpha value is -1.58. The summed E-state index contributed by atoms with van der Waals surface area (Å²) in [5.41, 5.74) is 0.655. The highest BCUT2D eigenvalue weighted by atomic mass is 16.1. The molecule has 2 saturated carbocycles. The molecule has 2 fully saturated rings. The Morgan fingerprint density at radius 1 is 1.29 bits per heavy atom. The number of hydrogen-bond donors (Lipinski definition) is 2. The van der Waals surface area contributed by atoms with Crippen LogP contribution < -0.4 is 10.6 Å². The summed E-state index contributed by atoms with van der Waals surface area (Å²) < 4.78 is 0. The number of carbonyl (C=O) groups is 1. The minimum absolute atomic E-state index is 0.0100. The second-order valence-electron chi connectivity index (χ2n) is 6.41. The van der Waals surface area contributed by atoms with Crippen molar-refractivity contribution in [1.82, 2.24) is 10.3 Å². The van der Waals surface area contributed by atoms with Gasteiger partial charge in [-0.25, -0.2) is 4.98 Å². The predicted molar refractivity (Wildman–Crippen MR) is 84.3 cm³/mol. The van der Waals surface area contributed by atoms with Crippen molar-refractivity contribution in [2.24, 2.45) is 17.8 Å². The van der Waals surface area contributed by atoms with Gasteiger partial charge in [0.2, 0.25) is 0 Å². The number of rotatable bonds is 8. The van der Waals surface area contributed by atoms with E-state index in [0.29, 0.717) is 11.5 Å². The van der Waals surface area contributed by atoms with Gasteiger partial charge in [-0.3, -0.25) is 4.79 Å². The number of pyridine rings is 1. The molecule has 4 nitrogen and oxygen atoms in total. The predicted octanol–water partition coefficient (Wildman–Crippen LogP) is 3.07. The van der Waals surface area contributed by atoms with Crippen LogP contribution in [0.2, 0.25) is 0 Å². The number of carbonyl (C=O) groups excluding carboxylic acids is 1. The van der Waals surface area contributed by atoms with Gasteiger partial charge in [-0.2, -0.15) is 0 Å². The van der Waals surface area contributed by atoms with Crippen molar-refractivity contribution in [3.05, 3.63) is 23.9 Å². The van der Waals surface area contributed by atoms with Crippen LogP contribution in [-0.4, -0.2) is 24.0 Å². The molecular formula is C17H25N3O. The molecule has 4 heteroatoms. The van der Waals surface area contributed by atoms with Gasteiger partial charge >= 0.3 is 0 Å². The second-order valence-corrected chi connectivity index (χ2v) is 6.41. The summed E-state index contributed by atoms with van der Waals surface area (Å²) in [7, 11) is 0. The van der Waals surface area contributed by atoms with Crippen LogP contribution in [0.4, 0.5) is 5.82 Å². The summed E-state index contributed by atoms with van der Waals surface area (Å²) in [6.45, 7) is 3.86. The zero-order chi connectivity index (χ0) is 14.7. The highest BCUT2D eigenvalue weighted by Gasteiger charge is 2.41. The maximum atomic E-state index is 12.2. The summed E-state index contributed by atoms with van der Waals surface area (Å²) in [4.78, 5) is 16.5. The quantitative estimate of drug-likeness (QED) is 0.772. The summed E-state index contributed by atoms with van der Waals surface area (Å²) in [5.74, 6) is 3.30.